The standard InChI is InChI=1S/C18H16Cl2N2O3/c1-25-14-4-2-3-13(9-14)22-10-11(7-17(22)23)18(24)21-12-5-6-15(19)16(20)8-12/h2-6,8-9,11H,7,10H2,1H3,(H,21,24)/t11-/m0/s1. The predicted octanol–water partition coefficient (Wildman–Crippen LogP) is 3.99. The molecule has 1 heterocycles. The maximum Gasteiger partial charge on any atom is 0.229 e. The summed E-state index contributed by atoms with van der Waals surface area (Å²) in [5, 5.41) is 3.56. The van der Waals surface area contributed by atoms with Gasteiger partial charge in [-0.05, 0) is 30.3 Å². The monoisotopic (exact) mass is 378 g/mol. The fraction of sp³-hybridized carbons (Fsp3) is 0.222. The van der Waals surface area contributed by atoms with Crippen LogP contribution in [-0.2, 0) is 9.59 Å². The molecule has 2 aromatic carbocycles. The smallest absolute Gasteiger partial charge is 0.229 e. The van der Waals surface area contributed by atoms with Gasteiger partial charge in [-0.3, -0.25) is 9.59 Å². The molecule has 1 fully saturated rings. The van der Waals surface area contributed by atoms with E-state index in [2.05, 4.69) is 5.32 Å². The molecular weight excluding hydrogens is 363 g/mol. The lowest BCUT2D eigenvalue weighted by Crippen LogP contribution is -2.28. The number of ether oxygens (including phenoxy) is 1. The third-order valence-electron chi connectivity index (χ3n) is 4.05. The molecule has 130 valence electrons. The van der Waals surface area contributed by atoms with Crippen LogP contribution in [0.25, 0.3) is 0 Å². The van der Waals surface area contributed by atoms with E-state index in [-0.39, 0.29) is 18.2 Å². The first-order valence-electron chi connectivity index (χ1n) is 7.68. The van der Waals surface area contributed by atoms with Gasteiger partial charge in [-0.15, -0.1) is 0 Å². The predicted molar refractivity (Wildman–Crippen MR) is 98.5 cm³/mol. The fourth-order valence-electron chi connectivity index (χ4n) is 2.73. The molecule has 5 nitrogen and oxygen atoms in total. The summed E-state index contributed by atoms with van der Waals surface area (Å²) in [5.74, 6) is -0.0955. The van der Waals surface area contributed by atoms with Crippen molar-refractivity contribution >= 4 is 46.4 Å². The summed E-state index contributed by atoms with van der Waals surface area (Å²) in [6, 6.07) is 12.1. The Bertz CT molecular complexity index is 826. The molecule has 0 aromatic heterocycles. The minimum Gasteiger partial charge on any atom is -0.497 e. The first kappa shape index (κ1) is 17.6. The van der Waals surface area contributed by atoms with Crippen LogP contribution in [0.2, 0.25) is 10.0 Å². The zero-order chi connectivity index (χ0) is 18.0. The number of hydrogen-bond acceptors (Lipinski definition) is 3. The molecule has 7 heteroatoms. The van der Waals surface area contributed by atoms with E-state index in [9.17, 15) is 9.59 Å². The minimum absolute atomic E-state index is 0.0949. The number of nitrogens with one attached hydrogen (secondary N) is 1. The Morgan fingerprint density at radius 1 is 1.20 bits per heavy atom. The van der Waals surface area contributed by atoms with Gasteiger partial charge in [-0.1, -0.05) is 29.3 Å². The Kier molecular flexibility index (Phi) is 5.16. The van der Waals surface area contributed by atoms with Crippen molar-refractivity contribution in [2.24, 2.45) is 5.92 Å². The van der Waals surface area contributed by atoms with Gasteiger partial charge >= 0.3 is 0 Å². The number of nitrogens with zero attached hydrogens (tertiary/aromatic N) is 1. The number of anilines is 2. The van der Waals surface area contributed by atoms with E-state index in [0.29, 0.717) is 33.7 Å². The molecule has 1 aliphatic rings. The number of rotatable bonds is 4. The van der Waals surface area contributed by atoms with Crippen LogP contribution in [0.3, 0.4) is 0 Å². The average Bonchev–Trinajstić information content (AvgIpc) is 3.00. The second-order valence-electron chi connectivity index (χ2n) is 5.73. The summed E-state index contributed by atoms with van der Waals surface area (Å²) < 4.78 is 5.18. The van der Waals surface area contributed by atoms with Gasteiger partial charge in [0, 0.05) is 30.4 Å². The van der Waals surface area contributed by atoms with E-state index in [1.54, 1.807) is 42.3 Å². The van der Waals surface area contributed by atoms with Crippen molar-refractivity contribution in [2.45, 2.75) is 6.42 Å². The number of benzene rings is 2. The number of halogens is 2. The number of methoxy groups -OCH3 is 1. The summed E-state index contributed by atoms with van der Waals surface area (Å²) >= 11 is 11.8. The van der Waals surface area contributed by atoms with Gasteiger partial charge in [0.1, 0.15) is 5.75 Å². The van der Waals surface area contributed by atoms with Gasteiger partial charge in [-0.2, -0.15) is 0 Å². The van der Waals surface area contributed by atoms with Crippen molar-refractivity contribution < 1.29 is 14.3 Å². The third kappa shape index (κ3) is 3.89. The minimum atomic E-state index is -0.437. The van der Waals surface area contributed by atoms with Crippen molar-refractivity contribution in [1.82, 2.24) is 0 Å². The van der Waals surface area contributed by atoms with E-state index in [1.807, 2.05) is 12.1 Å². The Morgan fingerprint density at radius 2 is 2.00 bits per heavy atom. The van der Waals surface area contributed by atoms with Crippen LogP contribution in [0.5, 0.6) is 5.75 Å². The molecule has 1 aliphatic heterocycles. The SMILES string of the molecule is COc1cccc(N2C[C@@H](C(=O)Nc3ccc(Cl)c(Cl)c3)CC2=O)c1. The molecule has 2 amide bonds. The van der Waals surface area contributed by atoms with E-state index in [4.69, 9.17) is 27.9 Å². The molecule has 3 rings (SSSR count). The van der Waals surface area contributed by atoms with E-state index in [1.165, 1.54) is 0 Å². The first-order chi connectivity index (χ1) is 12.0. The highest BCUT2D eigenvalue weighted by Crippen LogP contribution is 2.29. The van der Waals surface area contributed by atoms with Gasteiger partial charge in [0.2, 0.25) is 11.8 Å². The quantitative estimate of drug-likeness (QED) is 0.874. The molecule has 1 saturated heterocycles. The summed E-state index contributed by atoms with van der Waals surface area (Å²) in [5.41, 5.74) is 1.26. The highest BCUT2D eigenvalue weighted by Gasteiger charge is 2.35. The van der Waals surface area contributed by atoms with Crippen molar-refractivity contribution in [3.8, 4) is 5.75 Å². The summed E-state index contributed by atoms with van der Waals surface area (Å²) in [7, 11) is 1.57. The summed E-state index contributed by atoms with van der Waals surface area (Å²) in [6.45, 7) is 0.319. The van der Waals surface area contributed by atoms with Crippen molar-refractivity contribution in [2.75, 3.05) is 23.9 Å². The topological polar surface area (TPSA) is 58.6 Å². The second-order valence-corrected chi connectivity index (χ2v) is 6.54. The van der Waals surface area contributed by atoms with Crippen LogP contribution in [0.4, 0.5) is 11.4 Å². The summed E-state index contributed by atoms with van der Waals surface area (Å²) in [6.07, 6.45) is 0.157. The highest BCUT2D eigenvalue weighted by atomic mass is 35.5. The molecule has 0 unspecified atom stereocenters. The Labute approximate surface area is 155 Å². The van der Waals surface area contributed by atoms with Crippen molar-refractivity contribution in [1.29, 1.82) is 0 Å². The van der Waals surface area contributed by atoms with Crippen LogP contribution in [0.1, 0.15) is 6.42 Å². The molecule has 25 heavy (non-hydrogen) atoms. The average molecular weight is 379 g/mol. The van der Waals surface area contributed by atoms with Gasteiger partial charge in [0.15, 0.2) is 0 Å². The molecule has 0 aliphatic carbocycles. The molecule has 0 saturated carbocycles. The van der Waals surface area contributed by atoms with Crippen molar-refractivity contribution in [3.63, 3.8) is 0 Å². The fourth-order valence-corrected chi connectivity index (χ4v) is 3.03. The number of hydrogen-bond donors (Lipinski definition) is 1. The maximum absolute atomic E-state index is 12.5. The number of carbonyl (C=O) groups excluding carboxylic acids is 2. The Hall–Kier alpha value is -2.24. The third-order valence-corrected chi connectivity index (χ3v) is 4.79. The normalized spacial score (nSPS) is 16.8. The second kappa shape index (κ2) is 7.33. The van der Waals surface area contributed by atoms with Crippen LogP contribution >= 0.6 is 23.2 Å². The lowest BCUT2D eigenvalue weighted by atomic mass is 10.1. The lowest BCUT2D eigenvalue weighted by Gasteiger charge is -2.17. The summed E-state index contributed by atoms with van der Waals surface area (Å²) in [4.78, 5) is 26.4. The molecule has 0 bridgehead atoms. The van der Waals surface area contributed by atoms with E-state index < -0.39 is 5.92 Å². The van der Waals surface area contributed by atoms with E-state index in [0.717, 1.165) is 0 Å². The van der Waals surface area contributed by atoms with Crippen LogP contribution in [-0.4, -0.2) is 25.5 Å². The van der Waals surface area contributed by atoms with Crippen molar-refractivity contribution in [3.05, 3.63) is 52.5 Å². The number of amides is 2. The first-order valence-corrected chi connectivity index (χ1v) is 8.44. The zero-order valence-electron chi connectivity index (χ0n) is 13.5. The molecule has 1 N–H and O–H groups in total. The highest BCUT2D eigenvalue weighted by molar-refractivity contribution is 6.42. The van der Waals surface area contributed by atoms with Crippen LogP contribution < -0.4 is 15.0 Å². The van der Waals surface area contributed by atoms with Gasteiger partial charge in [0.25, 0.3) is 0 Å². The molecule has 2 aromatic rings. The van der Waals surface area contributed by atoms with Gasteiger partial charge < -0.3 is 15.0 Å². The van der Waals surface area contributed by atoms with Gasteiger partial charge in [-0.25, -0.2) is 0 Å². The number of carbonyl (C=O) groups is 2. The zero-order valence-corrected chi connectivity index (χ0v) is 15.0. The molecular formula is C18H16Cl2N2O3. The van der Waals surface area contributed by atoms with Crippen LogP contribution in [0, 0.1) is 5.92 Å². The van der Waals surface area contributed by atoms with Crippen LogP contribution in [0.15, 0.2) is 42.5 Å². The Balaban J connectivity index is 1.70. The lowest BCUT2D eigenvalue weighted by molar-refractivity contribution is -0.122. The largest absolute Gasteiger partial charge is 0.497 e. The molecule has 0 spiro atoms. The molecule has 0 radical (unpaired) electrons. The Morgan fingerprint density at radius 3 is 2.72 bits per heavy atom. The molecule has 1 atom stereocenters. The van der Waals surface area contributed by atoms with E-state index >= 15 is 0 Å². The van der Waals surface area contributed by atoms with Gasteiger partial charge in [0.05, 0.1) is 23.1 Å². The maximum atomic E-state index is 12.5.